The van der Waals surface area contributed by atoms with E-state index in [0.29, 0.717) is 5.56 Å². The van der Waals surface area contributed by atoms with Gasteiger partial charge in [-0.3, -0.25) is 19.3 Å². The molecule has 5 atom stereocenters. The minimum atomic E-state index is -1.48. The Balaban J connectivity index is 1.84. The fraction of sp³-hybridized carbons (Fsp3) is 0.429. The van der Waals surface area contributed by atoms with E-state index in [1.807, 2.05) is 0 Å². The second-order valence-electron chi connectivity index (χ2n) is 7.62. The Labute approximate surface area is 209 Å². The Bertz CT molecular complexity index is 1050. The third-order valence-electron chi connectivity index (χ3n) is 5.15. The number of methoxy groups -OCH3 is 1. The molecule has 0 aliphatic carbocycles. The molecular weight excluding hydrogens is 504 g/mol. The fourth-order valence-corrected chi connectivity index (χ4v) is 4.75. The summed E-state index contributed by atoms with van der Waals surface area (Å²) < 4.78 is 16.9. The van der Waals surface area contributed by atoms with Crippen molar-refractivity contribution in [2.45, 2.75) is 37.6 Å². The van der Waals surface area contributed by atoms with Crippen molar-refractivity contribution in [2.24, 2.45) is 0 Å². The summed E-state index contributed by atoms with van der Waals surface area (Å²) in [6.07, 6.45) is -3.85. The van der Waals surface area contributed by atoms with Crippen LogP contribution in [0.5, 0.6) is 11.5 Å². The summed E-state index contributed by atoms with van der Waals surface area (Å²) in [6.45, 7) is 0.0914. The topological polar surface area (TPSA) is 175 Å². The van der Waals surface area contributed by atoms with Crippen LogP contribution in [0.3, 0.4) is 0 Å². The molecule has 2 heterocycles. The molecule has 0 unspecified atom stereocenters. The van der Waals surface area contributed by atoms with Crippen LogP contribution in [-0.4, -0.2) is 98.3 Å². The van der Waals surface area contributed by atoms with E-state index in [4.69, 9.17) is 31.5 Å². The third kappa shape index (κ3) is 6.09. The highest BCUT2D eigenvalue weighted by molar-refractivity contribution is 8.26. The maximum Gasteiger partial charge on any atom is 0.323 e. The zero-order chi connectivity index (χ0) is 25.9. The number of hydrogen-bond donors (Lipinski definition) is 5. The molecule has 2 fully saturated rings. The van der Waals surface area contributed by atoms with Gasteiger partial charge in [-0.1, -0.05) is 30.0 Å². The fourth-order valence-electron chi connectivity index (χ4n) is 3.49. The van der Waals surface area contributed by atoms with Crippen molar-refractivity contribution in [3.05, 3.63) is 28.7 Å². The highest BCUT2D eigenvalue weighted by Crippen LogP contribution is 2.36. The van der Waals surface area contributed by atoms with Crippen molar-refractivity contribution in [3.63, 3.8) is 0 Å². The van der Waals surface area contributed by atoms with Gasteiger partial charge in [0.25, 0.3) is 5.91 Å². The number of thiocarbonyl (C=S) groups is 1. The Kier molecular flexibility index (Phi) is 8.69. The highest BCUT2D eigenvalue weighted by atomic mass is 32.2. The van der Waals surface area contributed by atoms with Gasteiger partial charge in [-0.15, -0.1) is 0 Å². The van der Waals surface area contributed by atoms with Gasteiger partial charge in [0, 0.05) is 6.92 Å². The zero-order valence-corrected chi connectivity index (χ0v) is 20.2. The summed E-state index contributed by atoms with van der Waals surface area (Å²) in [5.41, 5.74) is 0.525. The molecule has 5 N–H and O–H groups in total. The molecule has 12 nitrogen and oxygen atoms in total. The number of carbonyl (C=O) groups excluding carboxylic acids is 2. The van der Waals surface area contributed by atoms with Crippen molar-refractivity contribution >= 4 is 52.2 Å². The lowest BCUT2D eigenvalue weighted by Crippen LogP contribution is -2.65. The van der Waals surface area contributed by atoms with Gasteiger partial charge in [-0.25, -0.2) is 0 Å². The number of benzene rings is 1. The van der Waals surface area contributed by atoms with Crippen LogP contribution in [-0.2, 0) is 19.1 Å². The maximum absolute atomic E-state index is 12.5. The molecule has 0 aromatic heterocycles. The summed E-state index contributed by atoms with van der Waals surface area (Å²) in [4.78, 5) is 36.3. The predicted octanol–water partition coefficient (Wildman–Crippen LogP) is -0.696. The number of hydrogen-bond acceptors (Lipinski definition) is 11. The number of carboxylic acids is 1. The van der Waals surface area contributed by atoms with Gasteiger partial charge in [0.2, 0.25) is 12.2 Å². The molecule has 14 heteroatoms. The SMILES string of the molecule is COc1cc(/C=C2/SC(=S)N(CC(=O)O)C2=O)ccc1O[C@@H]1O[C@H](CO)[C@@H](O)[C@H](O)[C@H]1NC(C)=O. The first-order valence-electron chi connectivity index (χ1n) is 10.3. The largest absolute Gasteiger partial charge is 0.493 e. The molecule has 2 amide bonds. The molecule has 2 saturated heterocycles. The van der Waals surface area contributed by atoms with Gasteiger partial charge in [0.05, 0.1) is 18.6 Å². The number of carboxylic acid groups (broad SMARTS) is 1. The first-order chi connectivity index (χ1) is 16.5. The lowest BCUT2D eigenvalue weighted by Gasteiger charge is -2.42. The van der Waals surface area contributed by atoms with Gasteiger partial charge in [0.15, 0.2) is 11.5 Å². The number of carbonyl (C=O) groups is 3. The lowest BCUT2D eigenvalue weighted by atomic mass is 9.97. The summed E-state index contributed by atoms with van der Waals surface area (Å²) in [5, 5.41) is 41.5. The van der Waals surface area contributed by atoms with Gasteiger partial charge in [-0.05, 0) is 23.8 Å². The van der Waals surface area contributed by atoms with Crippen LogP contribution in [0.4, 0.5) is 0 Å². The van der Waals surface area contributed by atoms with Crippen molar-refractivity contribution in [3.8, 4) is 11.5 Å². The summed E-state index contributed by atoms with van der Waals surface area (Å²) in [6, 6.07) is 3.49. The molecule has 1 aromatic rings. The van der Waals surface area contributed by atoms with Crippen molar-refractivity contribution < 1.29 is 49.0 Å². The van der Waals surface area contributed by atoms with Crippen LogP contribution in [0, 0.1) is 0 Å². The van der Waals surface area contributed by atoms with E-state index < -0.39 is 61.6 Å². The van der Waals surface area contributed by atoms with Crippen molar-refractivity contribution in [1.29, 1.82) is 0 Å². The monoisotopic (exact) mass is 528 g/mol. The second kappa shape index (κ2) is 11.3. The van der Waals surface area contributed by atoms with E-state index in [1.54, 1.807) is 12.1 Å². The number of ether oxygens (including phenoxy) is 3. The van der Waals surface area contributed by atoms with Gasteiger partial charge in [-0.2, -0.15) is 0 Å². The first kappa shape index (κ1) is 26.8. The zero-order valence-electron chi connectivity index (χ0n) is 18.6. The number of rotatable bonds is 8. The molecule has 190 valence electrons. The van der Waals surface area contributed by atoms with Crippen LogP contribution in [0.2, 0.25) is 0 Å². The number of nitrogens with one attached hydrogen (secondary N) is 1. The van der Waals surface area contributed by atoms with E-state index in [1.165, 1.54) is 26.2 Å². The summed E-state index contributed by atoms with van der Waals surface area (Å²) >= 11 is 6.06. The third-order valence-corrected chi connectivity index (χ3v) is 6.52. The van der Waals surface area contributed by atoms with E-state index in [2.05, 4.69) is 5.32 Å². The van der Waals surface area contributed by atoms with Crippen molar-refractivity contribution in [2.75, 3.05) is 20.3 Å². The number of aliphatic carboxylic acids is 1. The number of nitrogens with zero attached hydrogens (tertiary/aromatic N) is 1. The number of thioether (sulfide) groups is 1. The van der Waals surface area contributed by atoms with Crippen LogP contribution < -0.4 is 14.8 Å². The van der Waals surface area contributed by atoms with E-state index in [0.717, 1.165) is 16.7 Å². The average Bonchev–Trinajstić information content (AvgIpc) is 3.06. The molecule has 2 aliphatic heterocycles. The molecular formula is C21H24N2O10S2. The Hall–Kier alpha value is -2.75. The predicted molar refractivity (Wildman–Crippen MR) is 127 cm³/mol. The highest BCUT2D eigenvalue weighted by Gasteiger charge is 2.46. The smallest absolute Gasteiger partial charge is 0.323 e. The van der Waals surface area contributed by atoms with Crippen LogP contribution in [0.15, 0.2) is 23.1 Å². The Morgan fingerprint density at radius 3 is 2.60 bits per heavy atom. The molecule has 0 bridgehead atoms. The Morgan fingerprint density at radius 2 is 2.00 bits per heavy atom. The number of aliphatic hydroxyl groups is 3. The van der Waals surface area contributed by atoms with E-state index in [9.17, 15) is 29.7 Å². The number of amides is 2. The molecule has 1 aromatic carbocycles. The summed E-state index contributed by atoms with van der Waals surface area (Å²) in [5.74, 6) is -1.84. The van der Waals surface area contributed by atoms with Gasteiger partial charge in [0.1, 0.15) is 35.2 Å². The van der Waals surface area contributed by atoms with Crippen LogP contribution >= 0.6 is 24.0 Å². The minimum absolute atomic E-state index is 0.133. The molecule has 35 heavy (non-hydrogen) atoms. The van der Waals surface area contributed by atoms with Crippen molar-refractivity contribution in [1.82, 2.24) is 10.2 Å². The van der Waals surface area contributed by atoms with Gasteiger partial charge < -0.3 is 40.0 Å². The second-order valence-corrected chi connectivity index (χ2v) is 9.30. The van der Waals surface area contributed by atoms with Crippen LogP contribution in [0.1, 0.15) is 12.5 Å². The summed E-state index contributed by atoms with van der Waals surface area (Å²) in [7, 11) is 1.38. The van der Waals surface area contributed by atoms with E-state index >= 15 is 0 Å². The Morgan fingerprint density at radius 1 is 1.29 bits per heavy atom. The molecule has 0 radical (unpaired) electrons. The quantitative estimate of drug-likeness (QED) is 0.212. The average molecular weight is 529 g/mol. The molecule has 0 saturated carbocycles. The molecule has 3 rings (SSSR count). The van der Waals surface area contributed by atoms with E-state index in [-0.39, 0.29) is 20.7 Å². The maximum atomic E-state index is 12.5. The standard InChI is InChI=1S/C21H24N2O10S2/c1-9(25)22-16-18(29)17(28)13(8-24)33-20(16)32-11-4-3-10(5-12(11)31-2)6-14-19(30)23(7-15(26)27)21(34)35-14/h3-6,13,16-18,20,24,28-29H,7-8H2,1-2H3,(H,22,25)(H,26,27)/b14-6+/t13-,16-,17-,18-,20-/m1/s1. The molecule has 0 spiro atoms. The van der Waals surface area contributed by atoms with Gasteiger partial charge >= 0.3 is 5.97 Å². The van der Waals surface area contributed by atoms with Crippen LogP contribution in [0.25, 0.3) is 6.08 Å². The first-order valence-corrected chi connectivity index (χ1v) is 11.5. The number of aliphatic hydroxyl groups excluding tert-OH is 3. The molecule has 2 aliphatic rings. The normalized spacial score (nSPS) is 27.7. The minimum Gasteiger partial charge on any atom is -0.493 e. The lowest BCUT2D eigenvalue weighted by molar-refractivity contribution is -0.244.